The summed E-state index contributed by atoms with van der Waals surface area (Å²) >= 11 is 12.2. The molecule has 0 aliphatic carbocycles. The number of anilines is 1. The third-order valence-electron chi connectivity index (χ3n) is 4.45. The largest absolute Gasteiger partial charge is 0.488 e. The highest BCUT2D eigenvalue weighted by atomic mass is 35.5. The normalized spacial score (nSPS) is 10.7. The van der Waals surface area contributed by atoms with Gasteiger partial charge in [-0.1, -0.05) is 59.6 Å². The average Bonchev–Trinajstić information content (AvgIpc) is 2.76. The quantitative estimate of drug-likeness (QED) is 0.264. The van der Waals surface area contributed by atoms with Crippen molar-refractivity contribution in [1.82, 2.24) is 5.43 Å². The third kappa shape index (κ3) is 6.83. The molecule has 0 atom stereocenters. The first-order valence-corrected chi connectivity index (χ1v) is 10.5. The van der Waals surface area contributed by atoms with E-state index in [2.05, 4.69) is 15.8 Å². The smallest absolute Gasteiger partial charge is 0.249 e. The lowest BCUT2D eigenvalue weighted by atomic mass is 10.2. The van der Waals surface area contributed by atoms with Gasteiger partial charge in [-0.25, -0.2) is 5.43 Å². The fourth-order valence-electron chi connectivity index (χ4n) is 2.79. The van der Waals surface area contributed by atoms with Crippen LogP contribution in [-0.4, -0.2) is 18.0 Å². The van der Waals surface area contributed by atoms with Crippen LogP contribution in [0.25, 0.3) is 0 Å². The molecule has 0 saturated carbocycles. The number of carbonyl (C=O) groups excluding carboxylic acids is 2. The Balaban J connectivity index is 1.57. The summed E-state index contributed by atoms with van der Waals surface area (Å²) in [7, 11) is 0. The molecule has 3 rings (SSSR count). The molecular weight excluding hydrogens is 449 g/mol. The van der Waals surface area contributed by atoms with E-state index in [1.807, 2.05) is 43.3 Å². The highest BCUT2D eigenvalue weighted by Gasteiger charge is 2.10. The van der Waals surface area contributed by atoms with E-state index in [0.717, 1.165) is 11.1 Å². The summed E-state index contributed by atoms with van der Waals surface area (Å²) in [6.07, 6.45) is 1.04. The maximum atomic E-state index is 12.1. The second-order valence-corrected chi connectivity index (χ2v) is 7.74. The third-order valence-corrected chi connectivity index (χ3v) is 5.05. The van der Waals surface area contributed by atoms with Crippen LogP contribution in [0.5, 0.6) is 5.75 Å². The molecule has 2 N–H and O–H groups in total. The van der Waals surface area contributed by atoms with Crippen molar-refractivity contribution in [3.63, 3.8) is 0 Å². The first-order valence-electron chi connectivity index (χ1n) is 9.75. The fourth-order valence-corrected chi connectivity index (χ4v) is 3.16. The summed E-state index contributed by atoms with van der Waals surface area (Å²) in [5.74, 6) is -0.462. The van der Waals surface area contributed by atoms with Crippen molar-refractivity contribution in [1.29, 1.82) is 0 Å². The molecule has 164 valence electrons. The van der Waals surface area contributed by atoms with Crippen molar-refractivity contribution in [2.45, 2.75) is 20.0 Å². The number of ether oxygens (including phenoxy) is 1. The van der Waals surface area contributed by atoms with E-state index in [9.17, 15) is 9.59 Å². The minimum absolute atomic E-state index is 0.258. The summed E-state index contributed by atoms with van der Waals surface area (Å²) in [5, 5.41) is 7.72. The molecule has 0 aromatic heterocycles. The molecule has 3 aromatic rings. The molecule has 0 heterocycles. The van der Waals surface area contributed by atoms with Crippen LogP contribution in [0.1, 0.15) is 23.1 Å². The van der Waals surface area contributed by atoms with Crippen molar-refractivity contribution >= 4 is 46.9 Å². The first-order chi connectivity index (χ1) is 15.4. The Morgan fingerprint density at radius 2 is 1.75 bits per heavy atom. The van der Waals surface area contributed by atoms with Crippen molar-refractivity contribution < 1.29 is 14.3 Å². The van der Waals surface area contributed by atoms with Crippen LogP contribution >= 0.6 is 23.2 Å². The molecule has 6 nitrogen and oxygen atoms in total. The second kappa shape index (κ2) is 11.3. The van der Waals surface area contributed by atoms with Gasteiger partial charge in [-0.15, -0.1) is 0 Å². The number of hydrogen-bond acceptors (Lipinski definition) is 4. The molecule has 0 unspecified atom stereocenters. The number of hydrazone groups is 1. The summed E-state index contributed by atoms with van der Waals surface area (Å²) in [5.41, 5.74) is 5.31. The summed E-state index contributed by atoms with van der Waals surface area (Å²) < 4.78 is 5.85. The number of carbonyl (C=O) groups is 2. The zero-order chi connectivity index (χ0) is 22.9. The van der Waals surface area contributed by atoms with E-state index < -0.39 is 11.8 Å². The van der Waals surface area contributed by atoms with E-state index in [1.165, 1.54) is 6.21 Å². The fraction of sp³-hybridized carbons (Fsp3) is 0.125. The Labute approximate surface area is 196 Å². The molecule has 0 bridgehead atoms. The minimum atomic E-state index is -0.548. The van der Waals surface area contributed by atoms with Gasteiger partial charge >= 0.3 is 0 Å². The predicted octanol–water partition coefficient (Wildman–Crippen LogP) is 5.36. The summed E-state index contributed by atoms with van der Waals surface area (Å²) in [6.45, 7) is 2.13. The molecule has 8 heteroatoms. The van der Waals surface area contributed by atoms with Gasteiger partial charge in [0.1, 0.15) is 18.8 Å². The zero-order valence-corrected chi connectivity index (χ0v) is 18.8. The van der Waals surface area contributed by atoms with Crippen molar-refractivity contribution in [2.24, 2.45) is 5.10 Å². The lowest BCUT2D eigenvalue weighted by Crippen LogP contribution is -2.24. The molecule has 0 aliphatic heterocycles. The van der Waals surface area contributed by atoms with Gasteiger partial charge in [0, 0.05) is 26.9 Å². The Hall–Kier alpha value is -3.35. The van der Waals surface area contributed by atoms with Gasteiger partial charge in [0.25, 0.3) is 0 Å². The highest BCUT2D eigenvalue weighted by Crippen LogP contribution is 2.24. The molecule has 3 aromatic carbocycles. The number of rotatable bonds is 8. The topological polar surface area (TPSA) is 79.8 Å². The molecule has 2 amide bonds. The standard InChI is InChI=1S/C24H21Cl2N3O3/c1-16-6-2-5-9-21(16)28-23(30)13-24(31)29-27-14-18-12-19(25)10-11-22(18)32-15-17-7-3-4-8-20(17)26/h2-12,14H,13,15H2,1H3,(H,28,30)(H,29,31). The number of amides is 2. The number of aryl methyl sites for hydroxylation is 1. The predicted molar refractivity (Wildman–Crippen MR) is 127 cm³/mol. The molecule has 0 spiro atoms. The van der Waals surface area contributed by atoms with Crippen LogP contribution in [0.3, 0.4) is 0 Å². The minimum Gasteiger partial charge on any atom is -0.488 e. The number of nitrogens with one attached hydrogen (secondary N) is 2. The van der Waals surface area contributed by atoms with Gasteiger partial charge in [0.2, 0.25) is 11.8 Å². The average molecular weight is 470 g/mol. The van der Waals surface area contributed by atoms with Crippen LogP contribution in [0.15, 0.2) is 71.8 Å². The van der Waals surface area contributed by atoms with Crippen molar-refractivity contribution in [3.05, 3.63) is 93.5 Å². The van der Waals surface area contributed by atoms with Gasteiger partial charge in [0.05, 0.1) is 6.21 Å². The van der Waals surface area contributed by atoms with E-state index in [4.69, 9.17) is 27.9 Å². The molecule has 0 radical (unpaired) electrons. The van der Waals surface area contributed by atoms with Crippen LogP contribution in [0.4, 0.5) is 5.69 Å². The van der Waals surface area contributed by atoms with E-state index in [-0.39, 0.29) is 13.0 Å². The van der Waals surface area contributed by atoms with Crippen LogP contribution < -0.4 is 15.5 Å². The Kier molecular flexibility index (Phi) is 8.25. The molecule has 0 fully saturated rings. The van der Waals surface area contributed by atoms with E-state index in [1.54, 1.807) is 30.3 Å². The first kappa shape index (κ1) is 23.3. The van der Waals surface area contributed by atoms with Gasteiger partial charge in [-0.3, -0.25) is 9.59 Å². The second-order valence-electron chi connectivity index (χ2n) is 6.90. The molecule has 0 aliphatic rings. The lowest BCUT2D eigenvalue weighted by molar-refractivity contribution is -0.126. The molecular formula is C24H21Cl2N3O3. The number of hydrogen-bond donors (Lipinski definition) is 2. The van der Waals surface area contributed by atoms with E-state index in [0.29, 0.717) is 27.0 Å². The monoisotopic (exact) mass is 469 g/mol. The highest BCUT2D eigenvalue weighted by molar-refractivity contribution is 6.31. The van der Waals surface area contributed by atoms with Crippen LogP contribution in [0.2, 0.25) is 10.0 Å². The van der Waals surface area contributed by atoms with Crippen molar-refractivity contribution in [2.75, 3.05) is 5.32 Å². The molecule has 0 saturated heterocycles. The summed E-state index contributed by atoms with van der Waals surface area (Å²) in [6, 6.07) is 19.7. The summed E-state index contributed by atoms with van der Waals surface area (Å²) in [4.78, 5) is 24.1. The molecule has 32 heavy (non-hydrogen) atoms. The Morgan fingerprint density at radius 1 is 1.00 bits per heavy atom. The van der Waals surface area contributed by atoms with Gasteiger partial charge in [-0.05, 0) is 42.8 Å². The van der Waals surface area contributed by atoms with Gasteiger partial charge in [0.15, 0.2) is 0 Å². The Morgan fingerprint density at radius 3 is 2.53 bits per heavy atom. The van der Waals surface area contributed by atoms with E-state index >= 15 is 0 Å². The van der Waals surface area contributed by atoms with Gasteiger partial charge in [-0.2, -0.15) is 5.10 Å². The number of nitrogens with zero attached hydrogens (tertiary/aromatic N) is 1. The number of benzene rings is 3. The van der Waals surface area contributed by atoms with Crippen LogP contribution in [-0.2, 0) is 16.2 Å². The van der Waals surface area contributed by atoms with Crippen molar-refractivity contribution in [3.8, 4) is 5.75 Å². The Bertz CT molecular complexity index is 1150. The maximum absolute atomic E-state index is 12.1. The number of halogens is 2. The number of para-hydroxylation sites is 1. The zero-order valence-electron chi connectivity index (χ0n) is 17.3. The van der Waals surface area contributed by atoms with Crippen LogP contribution in [0, 0.1) is 6.92 Å². The lowest BCUT2D eigenvalue weighted by Gasteiger charge is -2.10. The van der Waals surface area contributed by atoms with Gasteiger partial charge < -0.3 is 10.1 Å². The maximum Gasteiger partial charge on any atom is 0.249 e. The SMILES string of the molecule is Cc1ccccc1NC(=O)CC(=O)NN=Cc1cc(Cl)ccc1OCc1ccccc1Cl.